The Morgan fingerprint density at radius 3 is 2.66 bits per heavy atom. The molecule has 0 amide bonds. The summed E-state index contributed by atoms with van der Waals surface area (Å²) in [6.45, 7) is 10.6. The van der Waals surface area contributed by atoms with Gasteiger partial charge in [-0.15, -0.1) is 5.10 Å². The fourth-order valence-electron chi connectivity index (χ4n) is 5.55. The number of hydrogen-bond acceptors (Lipinski definition) is 6. The minimum absolute atomic E-state index is 0.0883. The van der Waals surface area contributed by atoms with Crippen molar-refractivity contribution in [3.63, 3.8) is 0 Å². The van der Waals surface area contributed by atoms with E-state index in [2.05, 4.69) is 52.2 Å². The zero-order valence-corrected chi connectivity index (χ0v) is 22.4. The Morgan fingerprint density at radius 1 is 1.16 bits per heavy atom. The largest absolute Gasteiger partial charge is 0.376 e. The van der Waals surface area contributed by atoms with Gasteiger partial charge in [0.1, 0.15) is 5.82 Å². The van der Waals surface area contributed by atoms with Crippen LogP contribution in [-0.4, -0.2) is 42.8 Å². The summed E-state index contributed by atoms with van der Waals surface area (Å²) < 4.78 is 21.4. The number of rotatable bonds is 9. The first-order chi connectivity index (χ1) is 18.3. The molecule has 0 spiro atoms. The Morgan fingerprint density at radius 2 is 1.95 bits per heavy atom. The summed E-state index contributed by atoms with van der Waals surface area (Å²) in [5, 5.41) is 13.8. The molecule has 0 unspecified atom stereocenters. The van der Waals surface area contributed by atoms with Gasteiger partial charge in [0.25, 0.3) is 5.56 Å². The molecule has 1 saturated heterocycles. The first kappa shape index (κ1) is 26.2. The number of pyridine rings is 1. The second-order valence-corrected chi connectivity index (χ2v) is 10.7. The smallest absolute Gasteiger partial charge is 0.252 e. The molecular weight excluding hydrogens is 483 g/mol. The van der Waals surface area contributed by atoms with Crippen LogP contribution in [0.5, 0.6) is 0 Å². The maximum absolute atomic E-state index is 13.7. The van der Waals surface area contributed by atoms with Gasteiger partial charge in [0.2, 0.25) is 0 Å². The number of benzene rings is 2. The van der Waals surface area contributed by atoms with Crippen LogP contribution in [0.15, 0.2) is 47.3 Å². The summed E-state index contributed by atoms with van der Waals surface area (Å²) in [5.74, 6) is 0.591. The molecule has 1 aliphatic heterocycles. The number of halogens is 1. The van der Waals surface area contributed by atoms with Gasteiger partial charge in [-0.25, -0.2) is 9.07 Å². The van der Waals surface area contributed by atoms with Gasteiger partial charge in [-0.05, 0) is 84.0 Å². The number of tetrazole rings is 1. The number of hydrogen-bond donors (Lipinski definition) is 1. The number of aromatic nitrogens is 5. The lowest BCUT2D eigenvalue weighted by atomic mass is 9.99. The highest BCUT2D eigenvalue weighted by molar-refractivity contribution is 5.83. The lowest BCUT2D eigenvalue weighted by Gasteiger charge is -2.33. The molecule has 9 heteroatoms. The third-order valence-electron chi connectivity index (χ3n) is 7.31. The maximum atomic E-state index is 13.7. The summed E-state index contributed by atoms with van der Waals surface area (Å²) in [6, 6.07) is 12.4. The van der Waals surface area contributed by atoms with Gasteiger partial charge >= 0.3 is 0 Å². The molecule has 2 atom stereocenters. The van der Waals surface area contributed by atoms with Crippen LogP contribution in [0.1, 0.15) is 60.8 Å². The van der Waals surface area contributed by atoms with Crippen LogP contribution < -0.4 is 5.56 Å². The van der Waals surface area contributed by atoms with E-state index in [0.717, 1.165) is 52.9 Å². The monoisotopic (exact) mass is 518 g/mol. The third-order valence-corrected chi connectivity index (χ3v) is 7.31. The second-order valence-electron chi connectivity index (χ2n) is 10.7. The third kappa shape index (κ3) is 5.68. The predicted octanol–water partition coefficient (Wildman–Crippen LogP) is 4.85. The minimum atomic E-state index is -0.280. The molecule has 2 aromatic carbocycles. The zero-order chi connectivity index (χ0) is 26.8. The Bertz CT molecular complexity index is 1460. The number of ether oxygens (including phenoxy) is 1. The van der Waals surface area contributed by atoms with Crippen molar-refractivity contribution in [2.45, 2.75) is 72.3 Å². The molecule has 0 radical (unpaired) electrons. The average molecular weight is 519 g/mol. The van der Waals surface area contributed by atoms with Crippen LogP contribution in [0.4, 0.5) is 4.39 Å². The van der Waals surface area contributed by atoms with Gasteiger partial charge < -0.3 is 9.72 Å². The van der Waals surface area contributed by atoms with Gasteiger partial charge in [-0.3, -0.25) is 9.69 Å². The van der Waals surface area contributed by atoms with Crippen molar-refractivity contribution < 1.29 is 9.13 Å². The molecule has 2 aromatic heterocycles. The number of H-pyrrole nitrogens is 1. The Kier molecular flexibility index (Phi) is 7.67. The van der Waals surface area contributed by atoms with E-state index in [-0.39, 0.29) is 29.4 Å². The topological polar surface area (TPSA) is 88.9 Å². The Hall–Kier alpha value is -3.43. The van der Waals surface area contributed by atoms with Crippen LogP contribution >= 0.6 is 0 Å². The number of nitrogens with zero attached hydrogens (tertiary/aromatic N) is 5. The standard InChI is InChI=1S/C29H35FN6O2/c1-18(2)27(28-32-33-34-36(28)17-24-6-5-11-38-24)35(15-21-7-9-23(30)10-8-21)16-22-14-25-20(4)12-19(3)13-26(25)31-29(22)37/h7-10,12-14,18,24,27H,5-6,11,15-17H2,1-4H3,(H,31,37)/t24-,27+/m1/s1. The molecular formula is C29H35FN6O2. The molecule has 0 aliphatic carbocycles. The number of fused-ring (bicyclic) bond motifs is 1. The van der Waals surface area contributed by atoms with Crippen molar-refractivity contribution in [1.82, 2.24) is 30.1 Å². The van der Waals surface area contributed by atoms with E-state index in [0.29, 0.717) is 25.2 Å². The summed E-state index contributed by atoms with van der Waals surface area (Å²) in [7, 11) is 0. The van der Waals surface area contributed by atoms with Gasteiger partial charge in [0.15, 0.2) is 5.82 Å². The van der Waals surface area contributed by atoms with Crippen LogP contribution in [0.25, 0.3) is 10.9 Å². The summed E-state index contributed by atoms with van der Waals surface area (Å²) in [5.41, 5.74) is 4.54. The first-order valence-electron chi connectivity index (χ1n) is 13.3. The molecule has 4 aromatic rings. The van der Waals surface area contributed by atoms with Crippen molar-refractivity contribution >= 4 is 10.9 Å². The number of aryl methyl sites for hydroxylation is 2. The Labute approximate surface area is 221 Å². The van der Waals surface area contributed by atoms with Crippen LogP contribution in [0.3, 0.4) is 0 Å². The molecule has 1 aliphatic rings. The SMILES string of the molecule is Cc1cc(C)c2cc(CN(Cc3ccc(F)cc3)[C@H](c3nnnn3C[C@H]3CCCO3)C(C)C)c(=O)[nH]c2c1. The molecule has 5 rings (SSSR count). The molecule has 1 N–H and O–H groups in total. The van der Waals surface area contributed by atoms with Crippen molar-refractivity contribution in [3.8, 4) is 0 Å². The number of nitrogens with one attached hydrogen (secondary N) is 1. The van der Waals surface area contributed by atoms with E-state index in [1.807, 2.05) is 23.7 Å². The lowest BCUT2D eigenvalue weighted by Crippen LogP contribution is -2.36. The quantitative estimate of drug-likeness (QED) is 0.341. The van der Waals surface area contributed by atoms with Crippen molar-refractivity contribution in [1.29, 1.82) is 0 Å². The average Bonchev–Trinajstić information content (AvgIpc) is 3.54. The molecule has 38 heavy (non-hydrogen) atoms. The van der Waals surface area contributed by atoms with E-state index in [1.165, 1.54) is 12.1 Å². The fourth-order valence-corrected chi connectivity index (χ4v) is 5.55. The first-order valence-corrected chi connectivity index (χ1v) is 13.3. The van der Waals surface area contributed by atoms with Gasteiger partial charge in [-0.1, -0.05) is 32.0 Å². The van der Waals surface area contributed by atoms with E-state index >= 15 is 0 Å². The summed E-state index contributed by atoms with van der Waals surface area (Å²) in [4.78, 5) is 18.6. The van der Waals surface area contributed by atoms with E-state index in [9.17, 15) is 9.18 Å². The van der Waals surface area contributed by atoms with Crippen LogP contribution in [0.2, 0.25) is 0 Å². The molecule has 8 nitrogen and oxygen atoms in total. The van der Waals surface area contributed by atoms with E-state index < -0.39 is 0 Å². The van der Waals surface area contributed by atoms with Crippen molar-refractivity contribution in [2.75, 3.05) is 6.61 Å². The summed E-state index contributed by atoms with van der Waals surface area (Å²) >= 11 is 0. The molecule has 200 valence electrons. The summed E-state index contributed by atoms with van der Waals surface area (Å²) in [6.07, 6.45) is 2.11. The van der Waals surface area contributed by atoms with Gasteiger partial charge in [0.05, 0.1) is 18.7 Å². The number of aromatic amines is 1. The fraction of sp³-hybridized carbons (Fsp3) is 0.448. The van der Waals surface area contributed by atoms with E-state index in [4.69, 9.17) is 4.74 Å². The highest BCUT2D eigenvalue weighted by Crippen LogP contribution is 2.31. The minimum Gasteiger partial charge on any atom is -0.376 e. The van der Waals surface area contributed by atoms with Gasteiger partial charge in [-0.2, -0.15) is 0 Å². The van der Waals surface area contributed by atoms with Gasteiger partial charge in [0, 0.05) is 36.2 Å². The molecule has 0 saturated carbocycles. The predicted molar refractivity (Wildman–Crippen MR) is 144 cm³/mol. The van der Waals surface area contributed by atoms with Crippen LogP contribution in [-0.2, 0) is 24.4 Å². The zero-order valence-electron chi connectivity index (χ0n) is 22.4. The Balaban J connectivity index is 1.55. The highest BCUT2D eigenvalue weighted by atomic mass is 19.1. The van der Waals surface area contributed by atoms with Crippen molar-refractivity contribution in [3.05, 3.63) is 86.7 Å². The molecule has 1 fully saturated rings. The normalized spacial score (nSPS) is 16.7. The molecule has 0 bridgehead atoms. The highest BCUT2D eigenvalue weighted by Gasteiger charge is 2.31. The lowest BCUT2D eigenvalue weighted by molar-refractivity contribution is 0.0851. The maximum Gasteiger partial charge on any atom is 0.252 e. The van der Waals surface area contributed by atoms with Crippen LogP contribution in [0, 0.1) is 25.6 Å². The van der Waals surface area contributed by atoms with E-state index in [1.54, 1.807) is 12.1 Å². The molecule has 3 heterocycles. The van der Waals surface area contributed by atoms with Crippen molar-refractivity contribution in [2.24, 2.45) is 5.92 Å². The second kappa shape index (κ2) is 11.1.